The molecule has 0 spiro atoms. The molecule has 0 atom stereocenters. The molecule has 0 saturated carbocycles. The molecule has 2 heterocycles. The molecule has 6 nitrogen and oxygen atoms in total. The predicted molar refractivity (Wildman–Crippen MR) is 62.7 cm³/mol. The van der Waals surface area contributed by atoms with Crippen molar-refractivity contribution in [3.8, 4) is 5.88 Å². The molecule has 0 radical (unpaired) electrons. The van der Waals surface area contributed by atoms with E-state index in [1.807, 2.05) is 6.07 Å². The fourth-order valence-electron chi connectivity index (χ4n) is 1.30. The maximum Gasteiger partial charge on any atom is 0.213 e. The molecule has 0 bridgehead atoms. The van der Waals surface area contributed by atoms with E-state index in [9.17, 15) is 0 Å². The van der Waals surface area contributed by atoms with Crippen molar-refractivity contribution in [3.63, 3.8) is 0 Å². The van der Waals surface area contributed by atoms with E-state index in [0.717, 1.165) is 11.5 Å². The molecule has 0 aromatic carbocycles. The van der Waals surface area contributed by atoms with Crippen LogP contribution in [-0.4, -0.2) is 33.3 Å². The summed E-state index contributed by atoms with van der Waals surface area (Å²) in [5.41, 5.74) is 0.887. The second kappa shape index (κ2) is 5.86. The lowest BCUT2D eigenvalue weighted by molar-refractivity contribution is 0.196. The minimum Gasteiger partial charge on any atom is -0.475 e. The van der Waals surface area contributed by atoms with E-state index in [-0.39, 0.29) is 13.2 Å². The third-order valence-electron chi connectivity index (χ3n) is 2.09. The first-order valence-electron chi connectivity index (χ1n) is 5.30. The quantitative estimate of drug-likeness (QED) is 0.688. The van der Waals surface area contributed by atoms with Crippen LogP contribution in [0.5, 0.6) is 5.88 Å². The monoisotopic (exact) mass is 234 g/mol. The maximum atomic E-state index is 8.60. The molecule has 0 unspecified atom stereocenters. The molecule has 0 aliphatic carbocycles. The van der Waals surface area contributed by atoms with Crippen LogP contribution in [-0.2, 0) is 6.54 Å². The highest BCUT2D eigenvalue weighted by atomic mass is 16.5. The van der Waals surface area contributed by atoms with Crippen molar-refractivity contribution in [1.29, 1.82) is 0 Å². The first kappa shape index (κ1) is 11.4. The highest BCUT2D eigenvalue weighted by Crippen LogP contribution is 2.11. The Hall–Kier alpha value is -2.08. The zero-order chi connectivity index (χ0) is 11.9. The molecule has 2 aromatic rings. The number of pyridine rings is 1. The maximum absolute atomic E-state index is 8.60. The highest BCUT2D eigenvalue weighted by molar-refractivity contribution is 5.41. The fraction of sp³-hybridized carbons (Fsp3) is 0.273. The number of aliphatic hydroxyl groups is 1. The Labute approximate surface area is 98.7 Å². The van der Waals surface area contributed by atoms with Gasteiger partial charge in [-0.1, -0.05) is 0 Å². The van der Waals surface area contributed by atoms with Crippen LogP contribution in [0.25, 0.3) is 0 Å². The molecule has 0 saturated heterocycles. The zero-order valence-corrected chi connectivity index (χ0v) is 9.26. The van der Waals surface area contributed by atoms with Crippen molar-refractivity contribution in [3.05, 3.63) is 36.5 Å². The number of hydrogen-bond acceptors (Lipinski definition) is 5. The van der Waals surface area contributed by atoms with Crippen molar-refractivity contribution in [2.24, 2.45) is 0 Å². The molecule has 2 aromatic heterocycles. The largest absolute Gasteiger partial charge is 0.475 e. The summed E-state index contributed by atoms with van der Waals surface area (Å²) in [4.78, 5) is 11.2. The van der Waals surface area contributed by atoms with Gasteiger partial charge >= 0.3 is 0 Å². The Morgan fingerprint density at radius 1 is 1.35 bits per heavy atom. The average Bonchev–Trinajstić information content (AvgIpc) is 2.88. The van der Waals surface area contributed by atoms with E-state index in [1.54, 1.807) is 24.7 Å². The number of nitrogens with zero attached hydrogens (tertiary/aromatic N) is 2. The van der Waals surface area contributed by atoms with E-state index in [2.05, 4.69) is 20.3 Å². The van der Waals surface area contributed by atoms with Gasteiger partial charge in [-0.2, -0.15) is 0 Å². The Morgan fingerprint density at radius 3 is 2.94 bits per heavy atom. The molecule has 0 aliphatic rings. The molecule has 3 N–H and O–H groups in total. The van der Waals surface area contributed by atoms with Crippen LogP contribution in [0.4, 0.5) is 5.69 Å². The summed E-state index contributed by atoms with van der Waals surface area (Å²) < 4.78 is 5.15. The number of nitrogens with one attached hydrogen (secondary N) is 2. The lowest BCUT2D eigenvalue weighted by Crippen LogP contribution is -2.04. The first-order chi connectivity index (χ1) is 8.38. The molecule has 0 amide bonds. The second-order valence-corrected chi connectivity index (χ2v) is 3.35. The summed E-state index contributed by atoms with van der Waals surface area (Å²) in [7, 11) is 0. The Morgan fingerprint density at radius 2 is 2.29 bits per heavy atom. The SMILES string of the molecule is OCCOc1ccc(NCc2ncc[nH]2)cn1. The van der Waals surface area contributed by atoms with Crippen LogP contribution in [0.15, 0.2) is 30.7 Å². The molecule has 0 fully saturated rings. The number of anilines is 1. The van der Waals surface area contributed by atoms with Gasteiger partial charge in [0.2, 0.25) is 5.88 Å². The van der Waals surface area contributed by atoms with Gasteiger partial charge in [-0.05, 0) is 6.07 Å². The van der Waals surface area contributed by atoms with Gasteiger partial charge in [-0.3, -0.25) is 0 Å². The summed E-state index contributed by atoms with van der Waals surface area (Å²) in [6, 6.07) is 3.61. The van der Waals surface area contributed by atoms with Gasteiger partial charge in [-0.15, -0.1) is 0 Å². The molecule has 90 valence electrons. The van der Waals surface area contributed by atoms with E-state index in [1.165, 1.54) is 0 Å². The van der Waals surface area contributed by atoms with Gasteiger partial charge in [0.15, 0.2) is 0 Å². The number of imidazole rings is 1. The van der Waals surface area contributed by atoms with Crippen LogP contribution >= 0.6 is 0 Å². The molecular formula is C11H14N4O2. The van der Waals surface area contributed by atoms with Gasteiger partial charge in [0.05, 0.1) is 25.0 Å². The van der Waals surface area contributed by atoms with Gasteiger partial charge in [0, 0.05) is 18.5 Å². The van der Waals surface area contributed by atoms with Crippen LogP contribution in [0.2, 0.25) is 0 Å². The Bertz CT molecular complexity index is 427. The molecule has 0 aliphatic heterocycles. The van der Waals surface area contributed by atoms with E-state index in [4.69, 9.17) is 9.84 Å². The van der Waals surface area contributed by atoms with Crippen LogP contribution in [0.3, 0.4) is 0 Å². The predicted octanol–water partition coefficient (Wildman–Crippen LogP) is 0.788. The second-order valence-electron chi connectivity index (χ2n) is 3.35. The normalized spacial score (nSPS) is 10.2. The number of aliphatic hydroxyl groups excluding tert-OH is 1. The summed E-state index contributed by atoms with van der Waals surface area (Å²) >= 11 is 0. The van der Waals surface area contributed by atoms with Crippen molar-refractivity contribution in [1.82, 2.24) is 15.0 Å². The topological polar surface area (TPSA) is 83.1 Å². The van der Waals surface area contributed by atoms with Gasteiger partial charge in [-0.25, -0.2) is 9.97 Å². The zero-order valence-electron chi connectivity index (χ0n) is 9.26. The van der Waals surface area contributed by atoms with Crippen molar-refractivity contribution in [2.45, 2.75) is 6.54 Å². The standard InChI is InChI=1S/C11H14N4O2/c16-5-6-17-11-2-1-9(7-15-11)14-8-10-12-3-4-13-10/h1-4,7,14,16H,5-6,8H2,(H,12,13). The van der Waals surface area contributed by atoms with Gasteiger partial charge < -0.3 is 20.1 Å². The minimum absolute atomic E-state index is 0.0137. The third-order valence-corrected chi connectivity index (χ3v) is 2.09. The van der Waals surface area contributed by atoms with Crippen molar-refractivity contribution in [2.75, 3.05) is 18.5 Å². The lowest BCUT2D eigenvalue weighted by Gasteiger charge is -2.06. The van der Waals surface area contributed by atoms with E-state index < -0.39 is 0 Å². The Kier molecular flexibility index (Phi) is 3.93. The smallest absolute Gasteiger partial charge is 0.213 e. The van der Waals surface area contributed by atoms with Crippen LogP contribution in [0.1, 0.15) is 5.82 Å². The van der Waals surface area contributed by atoms with Crippen molar-refractivity contribution < 1.29 is 9.84 Å². The van der Waals surface area contributed by atoms with Gasteiger partial charge in [0.1, 0.15) is 12.4 Å². The Balaban J connectivity index is 1.85. The molecule has 17 heavy (non-hydrogen) atoms. The number of H-pyrrole nitrogens is 1. The summed E-state index contributed by atoms with van der Waals surface area (Å²) in [5.74, 6) is 1.37. The first-order valence-corrected chi connectivity index (χ1v) is 5.30. The number of ether oxygens (including phenoxy) is 1. The van der Waals surface area contributed by atoms with Gasteiger partial charge in [0.25, 0.3) is 0 Å². The highest BCUT2D eigenvalue weighted by Gasteiger charge is 1.98. The van der Waals surface area contributed by atoms with E-state index >= 15 is 0 Å². The minimum atomic E-state index is -0.0137. The number of aromatic nitrogens is 3. The molecule has 2 rings (SSSR count). The lowest BCUT2D eigenvalue weighted by atomic mass is 10.4. The summed E-state index contributed by atoms with van der Waals surface area (Å²) in [5, 5.41) is 11.8. The van der Waals surface area contributed by atoms with Crippen LogP contribution in [0, 0.1) is 0 Å². The average molecular weight is 234 g/mol. The fourth-order valence-corrected chi connectivity index (χ4v) is 1.30. The van der Waals surface area contributed by atoms with Crippen molar-refractivity contribution >= 4 is 5.69 Å². The molecule has 6 heteroatoms. The number of rotatable bonds is 6. The summed E-state index contributed by atoms with van der Waals surface area (Å²) in [6.07, 6.45) is 5.16. The number of aromatic amines is 1. The molecular weight excluding hydrogens is 220 g/mol. The third kappa shape index (κ3) is 3.46. The van der Waals surface area contributed by atoms with E-state index in [0.29, 0.717) is 12.4 Å². The number of hydrogen-bond donors (Lipinski definition) is 3. The van der Waals surface area contributed by atoms with Crippen LogP contribution < -0.4 is 10.1 Å². The summed E-state index contributed by atoms with van der Waals surface area (Å²) in [6.45, 7) is 0.859.